The van der Waals surface area contributed by atoms with Crippen molar-refractivity contribution in [1.29, 1.82) is 0 Å². The van der Waals surface area contributed by atoms with Crippen molar-refractivity contribution in [2.45, 2.75) is 50.5 Å². The van der Waals surface area contributed by atoms with Crippen LogP contribution in [0.1, 0.15) is 44.9 Å². The van der Waals surface area contributed by atoms with Gasteiger partial charge in [-0.25, -0.2) is 4.68 Å². The minimum Gasteiger partial charge on any atom is -0.495 e. The number of benzene rings is 1. The summed E-state index contributed by atoms with van der Waals surface area (Å²) in [6, 6.07) is 5.20. The van der Waals surface area contributed by atoms with Gasteiger partial charge < -0.3 is 15.2 Å². The molecule has 4 saturated carbocycles. The SMILES string of the molecule is COc1ccc(Nc2cnn(C34C[C@H]5C[C@@H](CC(CC(=O)O)(C5)C3)C4)c(=O)c2Cl)cc1Cl. The van der Waals surface area contributed by atoms with E-state index in [1.54, 1.807) is 36.2 Å². The van der Waals surface area contributed by atoms with Crippen LogP contribution in [0.3, 0.4) is 0 Å². The number of aromatic nitrogens is 2. The second kappa shape index (κ2) is 7.66. The molecule has 2 N–H and O–H groups in total. The lowest BCUT2D eigenvalue weighted by molar-refractivity contribution is -0.151. The Balaban J connectivity index is 1.48. The fraction of sp³-hybridized carbons (Fsp3) is 0.522. The maximum Gasteiger partial charge on any atom is 0.303 e. The van der Waals surface area contributed by atoms with Crippen molar-refractivity contribution in [2.75, 3.05) is 12.4 Å². The molecule has 0 aliphatic heterocycles. The van der Waals surface area contributed by atoms with Gasteiger partial charge in [0.05, 0.1) is 36.0 Å². The number of nitrogens with one attached hydrogen (secondary N) is 1. The first kappa shape index (κ1) is 21.6. The Kier molecular flexibility index (Phi) is 5.17. The lowest BCUT2D eigenvalue weighted by atomic mass is 9.46. The standard InChI is InChI=1S/C23H25Cl2N3O4/c1-32-18-3-2-15(5-16(18)24)27-17-11-26-28(21(31)20(17)25)23-8-13-4-14(9-23)7-22(6-13,12-23)10-19(29)30/h2-3,5,11,13-14,27H,4,6-10,12H2,1H3,(H,29,30)/t13-,14-,22?,23?/m0/s1. The van der Waals surface area contributed by atoms with Crippen LogP contribution in [-0.2, 0) is 10.3 Å². The van der Waals surface area contributed by atoms with Gasteiger partial charge in [0, 0.05) is 5.69 Å². The van der Waals surface area contributed by atoms with Crippen LogP contribution in [0.15, 0.2) is 29.2 Å². The van der Waals surface area contributed by atoms with Crippen molar-refractivity contribution in [3.8, 4) is 5.75 Å². The van der Waals surface area contributed by atoms with Gasteiger partial charge in [-0.1, -0.05) is 23.2 Å². The van der Waals surface area contributed by atoms with E-state index in [-0.39, 0.29) is 22.4 Å². The number of aliphatic carboxylic acids is 1. The molecule has 0 radical (unpaired) electrons. The van der Waals surface area contributed by atoms with Crippen molar-refractivity contribution >= 4 is 40.5 Å². The van der Waals surface area contributed by atoms with Gasteiger partial charge in [0.1, 0.15) is 10.8 Å². The lowest BCUT2D eigenvalue weighted by Gasteiger charge is -2.61. The van der Waals surface area contributed by atoms with Crippen molar-refractivity contribution in [1.82, 2.24) is 9.78 Å². The fourth-order valence-corrected chi connectivity index (χ4v) is 7.37. The molecule has 32 heavy (non-hydrogen) atoms. The van der Waals surface area contributed by atoms with Crippen LogP contribution in [0.4, 0.5) is 11.4 Å². The summed E-state index contributed by atoms with van der Waals surface area (Å²) in [6.07, 6.45) is 7.08. The van der Waals surface area contributed by atoms with Crippen LogP contribution in [0.2, 0.25) is 10.0 Å². The predicted molar refractivity (Wildman–Crippen MR) is 122 cm³/mol. The first-order chi connectivity index (χ1) is 15.2. The molecule has 170 valence electrons. The summed E-state index contributed by atoms with van der Waals surface area (Å²) < 4.78 is 6.72. The topological polar surface area (TPSA) is 93.4 Å². The number of rotatable bonds is 6. The van der Waals surface area contributed by atoms with E-state index in [1.807, 2.05) is 0 Å². The van der Waals surface area contributed by atoms with Gasteiger partial charge in [-0.15, -0.1) is 0 Å². The Hall–Kier alpha value is -2.25. The van der Waals surface area contributed by atoms with E-state index in [0.29, 0.717) is 40.4 Å². The number of nitrogens with zero attached hydrogens (tertiary/aromatic N) is 2. The van der Waals surface area contributed by atoms with E-state index in [0.717, 1.165) is 32.1 Å². The molecule has 2 atom stereocenters. The number of hydrogen-bond acceptors (Lipinski definition) is 5. The molecule has 1 aromatic heterocycles. The second-order valence-electron chi connectivity index (χ2n) is 9.82. The molecule has 0 spiro atoms. The van der Waals surface area contributed by atoms with E-state index in [4.69, 9.17) is 27.9 Å². The van der Waals surface area contributed by atoms with Crippen LogP contribution in [0.25, 0.3) is 0 Å². The van der Waals surface area contributed by atoms with Crippen molar-refractivity contribution in [3.63, 3.8) is 0 Å². The molecule has 0 saturated heterocycles. The molecule has 4 bridgehead atoms. The van der Waals surface area contributed by atoms with E-state index >= 15 is 0 Å². The van der Waals surface area contributed by atoms with Crippen molar-refractivity contribution in [2.24, 2.45) is 17.3 Å². The quantitative estimate of drug-likeness (QED) is 0.602. The third kappa shape index (κ3) is 3.55. The Morgan fingerprint density at radius 2 is 2.00 bits per heavy atom. The molecule has 7 nitrogen and oxygen atoms in total. The van der Waals surface area contributed by atoms with Gasteiger partial charge in [-0.3, -0.25) is 9.59 Å². The molecule has 4 fully saturated rings. The fourth-order valence-electron chi connectivity index (χ4n) is 6.93. The number of anilines is 2. The molecule has 9 heteroatoms. The monoisotopic (exact) mass is 477 g/mol. The number of ether oxygens (including phenoxy) is 1. The summed E-state index contributed by atoms with van der Waals surface area (Å²) in [7, 11) is 1.54. The Morgan fingerprint density at radius 3 is 2.62 bits per heavy atom. The summed E-state index contributed by atoms with van der Waals surface area (Å²) in [5.74, 6) is 0.650. The first-order valence-electron chi connectivity index (χ1n) is 10.8. The van der Waals surface area contributed by atoms with E-state index < -0.39 is 11.5 Å². The molecule has 1 heterocycles. The largest absolute Gasteiger partial charge is 0.495 e. The lowest BCUT2D eigenvalue weighted by Crippen LogP contribution is -2.59. The summed E-state index contributed by atoms with van der Waals surface area (Å²) in [5.41, 5.74) is 0.0114. The zero-order chi connectivity index (χ0) is 22.7. The molecule has 0 amide bonds. The van der Waals surface area contributed by atoms with Gasteiger partial charge >= 0.3 is 5.97 Å². The first-order valence-corrected chi connectivity index (χ1v) is 11.6. The summed E-state index contributed by atoms with van der Waals surface area (Å²) in [6.45, 7) is 0. The predicted octanol–water partition coefficient (Wildman–Crippen LogP) is 5.07. The maximum atomic E-state index is 13.4. The Morgan fingerprint density at radius 1 is 1.28 bits per heavy atom. The molecular weight excluding hydrogens is 453 g/mol. The Labute approximate surface area is 195 Å². The molecule has 0 unspecified atom stereocenters. The molecule has 6 rings (SSSR count). The van der Waals surface area contributed by atoms with Crippen molar-refractivity contribution in [3.05, 3.63) is 44.8 Å². The second-order valence-corrected chi connectivity index (χ2v) is 10.6. The van der Waals surface area contributed by atoms with Gasteiger partial charge in [-0.05, 0) is 74.0 Å². The van der Waals surface area contributed by atoms with Crippen LogP contribution in [-0.4, -0.2) is 28.0 Å². The zero-order valence-electron chi connectivity index (χ0n) is 17.7. The molecule has 4 aliphatic rings. The molecule has 1 aromatic carbocycles. The maximum absolute atomic E-state index is 13.4. The number of carboxylic acid groups (broad SMARTS) is 1. The zero-order valence-corrected chi connectivity index (χ0v) is 19.2. The average molecular weight is 478 g/mol. The van der Waals surface area contributed by atoms with E-state index in [1.165, 1.54) is 0 Å². The number of hydrogen-bond donors (Lipinski definition) is 2. The molecular formula is C23H25Cl2N3O4. The highest BCUT2D eigenvalue weighted by atomic mass is 35.5. The van der Waals surface area contributed by atoms with Gasteiger partial charge in [0.15, 0.2) is 0 Å². The third-order valence-corrected chi connectivity index (χ3v) is 8.14. The Bertz CT molecular complexity index is 1130. The highest BCUT2D eigenvalue weighted by Gasteiger charge is 2.59. The third-order valence-electron chi connectivity index (χ3n) is 7.48. The van der Waals surface area contributed by atoms with Gasteiger partial charge in [0.25, 0.3) is 5.56 Å². The van der Waals surface area contributed by atoms with Crippen LogP contribution < -0.4 is 15.6 Å². The number of carboxylic acids is 1. The van der Waals surface area contributed by atoms with E-state index in [2.05, 4.69) is 10.4 Å². The highest BCUT2D eigenvalue weighted by Crippen LogP contribution is 2.65. The highest BCUT2D eigenvalue weighted by molar-refractivity contribution is 6.33. The smallest absolute Gasteiger partial charge is 0.303 e. The number of halogens is 2. The van der Waals surface area contributed by atoms with E-state index in [9.17, 15) is 14.7 Å². The summed E-state index contributed by atoms with van der Waals surface area (Å²) in [5, 5.41) is 17.7. The summed E-state index contributed by atoms with van der Waals surface area (Å²) >= 11 is 12.7. The van der Waals surface area contributed by atoms with Gasteiger partial charge in [-0.2, -0.15) is 5.10 Å². The number of carbonyl (C=O) groups is 1. The van der Waals surface area contributed by atoms with Crippen LogP contribution in [0, 0.1) is 17.3 Å². The van der Waals surface area contributed by atoms with Gasteiger partial charge in [0.2, 0.25) is 0 Å². The number of methoxy groups -OCH3 is 1. The average Bonchev–Trinajstić information content (AvgIpc) is 2.69. The molecule has 2 aromatic rings. The molecule has 4 aliphatic carbocycles. The van der Waals surface area contributed by atoms with Crippen LogP contribution in [0.5, 0.6) is 5.75 Å². The minimum atomic E-state index is -0.766. The van der Waals surface area contributed by atoms with Crippen molar-refractivity contribution < 1.29 is 14.6 Å². The van der Waals surface area contributed by atoms with Crippen LogP contribution >= 0.6 is 23.2 Å². The normalized spacial score (nSPS) is 30.3. The summed E-state index contributed by atoms with van der Waals surface area (Å²) in [4.78, 5) is 25.0. The minimum absolute atomic E-state index is 0.0648.